The molecule has 0 saturated carbocycles. The molecular formula is C22H20N4O3S. The van der Waals surface area contributed by atoms with Crippen molar-refractivity contribution in [3.63, 3.8) is 0 Å². The molecule has 30 heavy (non-hydrogen) atoms. The summed E-state index contributed by atoms with van der Waals surface area (Å²) in [6.07, 6.45) is 0. The number of thiazole rings is 1. The maximum absolute atomic E-state index is 12.9. The Kier molecular flexibility index (Phi) is 5.33. The minimum absolute atomic E-state index is 0.206. The summed E-state index contributed by atoms with van der Waals surface area (Å²) >= 11 is 1.41. The van der Waals surface area contributed by atoms with Crippen LogP contribution < -0.4 is 15.6 Å². The van der Waals surface area contributed by atoms with Crippen LogP contribution in [0.2, 0.25) is 0 Å². The Morgan fingerprint density at radius 2 is 1.93 bits per heavy atom. The van der Waals surface area contributed by atoms with Crippen molar-refractivity contribution in [2.45, 2.75) is 20.4 Å². The summed E-state index contributed by atoms with van der Waals surface area (Å²) in [5.74, 6) is 0.392. The first-order valence-corrected chi connectivity index (χ1v) is 10.2. The van der Waals surface area contributed by atoms with E-state index in [9.17, 15) is 9.59 Å². The van der Waals surface area contributed by atoms with Crippen LogP contribution in [0.15, 0.2) is 53.3 Å². The number of methoxy groups -OCH3 is 1. The molecular weight excluding hydrogens is 400 g/mol. The van der Waals surface area contributed by atoms with E-state index >= 15 is 0 Å². The van der Waals surface area contributed by atoms with Crippen LogP contribution in [0.5, 0.6) is 5.75 Å². The number of ether oxygens (including phenoxy) is 1. The maximum atomic E-state index is 12.9. The second-order valence-corrected chi connectivity index (χ2v) is 8.07. The second kappa shape index (κ2) is 8.08. The van der Waals surface area contributed by atoms with Gasteiger partial charge in [0.15, 0.2) is 5.52 Å². The van der Waals surface area contributed by atoms with Gasteiger partial charge in [-0.05, 0) is 55.8 Å². The molecule has 0 radical (unpaired) electrons. The third kappa shape index (κ3) is 3.95. The van der Waals surface area contributed by atoms with E-state index in [0.717, 1.165) is 21.9 Å². The molecule has 0 aliphatic heterocycles. The Balaban J connectivity index is 1.73. The number of hydrogen-bond acceptors (Lipinski definition) is 6. The van der Waals surface area contributed by atoms with Gasteiger partial charge in [-0.15, -0.1) is 11.3 Å². The van der Waals surface area contributed by atoms with Gasteiger partial charge in [-0.25, -0.2) is 9.67 Å². The van der Waals surface area contributed by atoms with Crippen LogP contribution in [0.25, 0.3) is 21.5 Å². The van der Waals surface area contributed by atoms with Crippen molar-refractivity contribution >= 4 is 33.1 Å². The number of amides is 1. The number of carbonyl (C=O) groups is 1. The predicted molar refractivity (Wildman–Crippen MR) is 118 cm³/mol. The maximum Gasteiger partial charge on any atom is 0.294 e. The van der Waals surface area contributed by atoms with E-state index in [2.05, 4.69) is 15.4 Å². The molecule has 1 amide bonds. The van der Waals surface area contributed by atoms with Crippen LogP contribution in [0.3, 0.4) is 0 Å². The molecule has 0 atom stereocenters. The van der Waals surface area contributed by atoms with Crippen LogP contribution in [-0.2, 0) is 11.3 Å². The van der Waals surface area contributed by atoms with Gasteiger partial charge in [0.25, 0.3) is 5.56 Å². The minimum Gasteiger partial charge on any atom is -0.497 e. The normalized spacial score (nSPS) is 10.9. The summed E-state index contributed by atoms with van der Waals surface area (Å²) in [6.45, 7) is 3.58. The molecule has 0 aliphatic rings. The van der Waals surface area contributed by atoms with E-state index in [1.807, 2.05) is 56.3 Å². The van der Waals surface area contributed by atoms with Gasteiger partial charge in [-0.2, -0.15) is 5.10 Å². The number of hydrogen-bond donors (Lipinski definition) is 1. The van der Waals surface area contributed by atoms with E-state index in [4.69, 9.17) is 4.74 Å². The number of benzene rings is 2. The standard InChI is InChI=1S/C22H20N4O3S/c1-13-5-4-6-16(11-13)24-18(27)12-26-22(28)20-21(30-14(2)23-20)19(25-26)15-7-9-17(29-3)10-8-15/h4-11H,12H2,1-3H3,(H,24,27). The molecule has 0 saturated heterocycles. The van der Waals surface area contributed by atoms with E-state index in [1.54, 1.807) is 13.2 Å². The lowest BCUT2D eigenvalue weighted by Gasteiger charge is -2.10. The quantitative estimate of drug-likeness (QED) is 0.531. The van der Waals surface area contributed by atoms with Crippen LogP contribution in [-0.4, -0.2) is 27.8 Å². The van der Waals surface area contributed by atoms with Gasteiger partial charge in [0.05, 0.1) is 16.8 Å². The lowest BCUT2D eigenvalue weighted by atomic mass is 10.1. The summed E-state index contributed by atoms with van der Waals surface area (Å²) in [7, 11) is 1.60. The van der Waals surface area contributed by atoms with Crippen molar-refractivity contribution in [2.24, 2.45) is 0 Å². The number of nitrogens with one attached hydrogen (secondary N) is 1. The second-order valence-electron chi connectivity index (χ2n) is 6.87. The molecule has 0 aliphatic carbocycles. The van der Waals surface area contributed by atoms with Gasteiger partial charge in [-0.3, -0.25) is 9.59 Å². The van der Waals surface area contributed by atoms with Crippen LogP contribution in [0.4, 0.5) is 5.69 Å². The van der Waals surface area contributed by atoms with Crippen LogP contribution >= 0.6 is 11.3 Å². The van der Waals surface area contributed by atoms with Crippen LogP contribution in [0, 0.1) is 13.8 Å². The SMILES string of the molecule is COc1ccc(-c2nn(CC(=O)Nc3cccc(C)c3)c(=O)c3nc(C)sc23)cc1. The average Bonchev–Trinajstić information content (AvgIpc) is 3.12. The highest BCUT2D eigenvalue weighted by molar-refractivity contribution is 7.19. The Morgan fingerprint density at radius 3 is 2.63 bits per heavy atom. The van der Waals surface area contributed by atoms with Crippen molar-refractivity contribution in [1.29, 1.82) is 0 Å². The first-order chi connectivity index (χ1) is 14.4. The summed E-state index contributed by atoms with van der Waals surface area (Å²) in [6, 6.07) is 14.9. The molecule has 2 aromatic heterocycles. The van der Waals surface area contributed by atoms with Crippen molar-refractivity contribution in [3.8, 4) is 17.0 Å². The fourth-order valence-corrected chi connectivity index (χ4v) is 4.09. The zero-order chi connectivity index (χ0) is 21.3. The monoisotopic (exact) mass is 420 g/mol. The third-order valence-electron chi connectivity index (χ3n) is 4.57. The van der Waals surface area contributed by atoms with E-state index in [-0.39, 0.29) is 18.0 Å². The van der Waals surface area contributed by atoms with E-state index in [1.165, 1.54) is 16.0 Å². The average molecular weight is 420 g/mol. The Morgan fingerprint density at radius 1 is 1.17 bits per heavy atom. The van der Waals surface area contributed by atoms with Gasteiger partial charge < -0.3 is 10.1 Å². The van der Waals surface area contributed by atoms with Crippen molar-refractivity contribution in [1.82, 2.24) is 14.8 Å². The van der Waals surface area contributed by atoms with Gasteiger partial charge in [-0.1, -0.05) is 12.1 Å². The first kappa shape index (κ1) is 19.8. The topological polar surface area (TPSA) is 86.1 Å². The number of rotatable bonds is 5. The first-order valence-electron chi connectivity index (χ1n) is 9.34. The van der Waals surface area contributed by atoms with E-state index in [0.29, 0.717) is 21.6 Å². The Bertz CT molecular complexity index is 1290. The number of carbonyl (C=O) groups excluding carboxylic acids is 1. The van der Waals surface area contributed by atoms with Crippen molar-refractivity contribution in [3.05, 3.63) is 69.5 Å². The smallest absolute Gasteiger partial charge is 0.294 e. The minimum atomic E-state index is -0.383. The van der Waals surface area contributed by atoms with Gasteiger partial charge >= 0.3 is 0 Å². The number of aryl methyl sites for hydroxylation is 2. The highest BCUT2D eigenvalue weighted by Crippen LogP contribution is 2.30. The third-order valence-corrected chi connectivity index (χ3v) is 5.54. The molecule has 2 aromatic carbocycles. The molecule has 152 valence electrons. The van der Waals surface area contributed by atoms with Gasteiger partial charge in [0.1, 0.15) is 18.0 Å². The highest BCUT2D eigenvalue weighted by atomic mass is 32.1. The largest absolute Gasteiger partial charge is 0.497 e. The number of nitrogens with zero attached hydrogens (tertiary/aromatic N) is 3. The highest BCUT2D eigenvalue weighted by Gasteiger charge is 2.18. The fraction of sp³-hybridized carbons (Fsp3) is 0.182. The molecule has 0 spiro atoms. The lowest BCUT2D eigenvalue weighted by Crippen LogP contribution is -2.30. The molecule has 8 heteroatoms. The summed E-state index contributed by atoms with van der Waals surface area (Å²) < 4.78 is 7.10. The van der Waals surface area contributed by atoms with Crippen LogP contribution in [0.1, 0.15) is 10.6 Å². The molecule has 2 heterocycles. The molecule has 4 aromatic rings. The van der Waals surface area contributed by atoms with E-state index < -0.39 is 0 Å². The van der Waals surface area contributed by atoms with Gasteiger partial charge in [0.2, 0.25) is 5.91 Å². The number of aromatic nitrogens is 3. The van der Waals surface area contributed by atoms with Gasteiger partial charge in [0, 0.05) is 11.3 Å². The summed E-state index contributed by atoms with van der Waals surface area (Å²) in [5, 5.41) is 8.09. The molecule has 7 nitrogen and oxygen atoms in total. The molecule has 4 rings (SSSR count). The fourth-order valence-electron chi connectivity index (χ4n) is 3.17. The zero-order valence-corrected chi connectivity index (χ0v) is 17.6. The molecule has 1 N–H and O–H groups in total. The Hall–Kier alpha value is -3.52. The summed E-state index contributed by atoms with van der Waals surface area (Å²) in [5.41, 5.74) is 3.07. The summed E-state index contributed by atoms with van der Waals surface area (Å²) in [4.78, 5) is 29.9. The molecule has 0 bridgehead atoms. The lowest BCUT2D eigenvalue weighted by molar-refractivity contribution is -0.117. The zero-order valence-electron chi connectivity index (χ0n) is 16.8. The Labute approximate surface area is 177 Å². The predicted octanol–water partition coefficient (Wildman–Crippen LogP) is 3.78. The number of fused-ring (bicyclic) bond motifs is 1. The van der Waals surface area contributed by atoms with Crippen molar-refractivity contribution in [2.75, 3.05) is 12.4 Å². The molecule has 0 fully saturated rings. The molecule has 0 unspecified atom stereocenters. The number of anilines is 1. The van der Waals surface area contributed by atoms with Crippen molar-refractivity contribution < 1.29 is 9.53 Å².